The molecule has 1 aromatic carbocycles. The number of aromatic nitrogens is 1. The van der Waals surface area contributed by atoms with Gasteiger partial charge in [0.2, 0.25) is 5.91 Å². The number of hydrogen-bond donors (Lipinski definition) is 2. The number of amides is 4. The average Bonchev–Trinajstić information content (AvgIpc) is 3.41. The summed E-state index contributed by atoms with van der Waals surface area (Å²) in [6, 6.07) is 15.2. The molecule has 0 aliphatic carbocycles. The Morgan fingerprint density at radius 2 is 1.87 bits per heavy atom. The Hall–Kier alpha value is -3.76. The van der Waals surface area contributed by atoms with Gasteiger partial charge in [0.25, 0.3) is 11.5 Å². The quantitative estimate of drug-likeness (QED) is 0.467. The number of nitrogens with zero attached hydrogens (tertiary/aromatic N) is 2. The number of carbonyl (C=O) groups excluding carboxylic acids is 3. The predicted molar refractivity (Wildman–Crippen MR) is 142 cm³/mol. The SMILES string of the molecule is COc1ccc(N2C(=O)NC(=O)[C@@](Cc3cccs3)(C[NH+]3C[C@H]4C[C@@H](C3)c3cccc(=O)n3C4)C2=O)cc1. The highest BCUT2D eigenvalue weighted by atomic mass is 32.1. The molecule has 5 heterocycles. The maximum Gasteiger partial charge on any atom is 0.335 e. The van der Waals surface area contributed by atoms with E-state index in [4.69, 9.17) is 4.74 Å². The first-order valence-electron chi connectivity index (χ1n) is 12.8. The molecular weight excluding hydrogens is 504 g/mol. The minimum absolute atomic E-state index is 0.0188. The second-order valence-corrected chi connectivity index (χ2v) is 11.5. The highest BCUT2D eigenvalue weighted by molar-refractivity contribution is 7.09. The van der Waals surface area contributed by atoms with Gasteiger partial charge in [-0.3, -0.25) is 19.7 Å². The number of methoxy groups -OCH3 is 1. The lowest BCUT2D eigenvalue weighted by molar-refractivity contribution is -0.915. The van der Waals surface area contributed by atoms with Crippen LogP contribution in [0, 0.1) is 11.3 Å². The molecule has 0 radical (unpaired) electrons. The molecule has 4 amide bonds. The topological polar surface area (TPSA) is 102 Å². The number of carbonyl (C=O) groups is 3. The van der Waals surface area contributed by atoms with E-state index in [9.17, 15) is 19.2 Å². The molecule has 2 N–H and O–H groups in total. The number of likely N-dealkylation sites (tertiary alicyclic amines) is 1. The number of anilines is 1. The summed E-state index contributed by atoms with van der Waals surface area (Å²) in [5, 5.41) is 4.42. The van der Waals surface area contributed by atoms with Crippen LogP contribution < -0.4 is 25.4 Å². The second-order valence-electron chi connectivity index (χ2n) is 10.5. The summed E-state index contributed by atoms with van der Waals surface area (Å²) in [6.45, 7) is 2.37. The molecule has 2 fully saturated rings. The van der Waals surface area contributed by atoms with Crippen molar-refractivity contribution in [2.24, 2.45) is 11.3 Å². The predicted octanol–water partition coefficient (Wildman–Crippen LogP) is 1.43. The number of hydrogen-bond acceptors (Lipinski definition) is 6. The summed E-state index contributed by atoms with van der Waals surface area (Å²) in [7, 11) is 1.55. The Balaban J connectivity index is 1.36. The first-order chi connectivity index (χ1) is 18.4. The molecule has 2 aromatic heterocycles. The van der Waals surface area contributed by atoms with Crippen LogP contribution in [0.2, 0.25) is 0 Å². The van der Waals surface area contributed by atoms with Crippen LogP contribution in [0.5, 0.6) is 5.75 Å². The summed E-state index contributed by atoms with van der Waals surface area (Å²) in [4.78, 5) is 56.5. The number of ether oxygens (including phenoxy) is 1. The molecule has 3 aliphatic rings. The zero-order chi connectivity index (χ0) is 26.4. The van der Waals surface area contributed by atoms with E-state index in [0.717, 1.165) is 33.3 Å². The fraction of sp³-hybridized carbons (Fsp3) is 0.357. The molecule has 0 saturated carbocycles. The van der Waals surface area contributed by atoms with Gasteiger partial charge in [0.15, 0.2) is 5.41 Å². The van der Waals surface area contributed by atoms with Gasteiger partial charge in [0.05, 0.1) is 25.9 Å². The third-order valence-corrected chi connectivity index (χ3v) is 8.96. The smallest absolute Gasteiger partial charge is 0.335 e. The van der Waals surface area contributed by atoms with Gasteiger partial charge in [0, 0.05) is 41.4 Å². The minimum atomic E-state index is -1.45. The Kier molecular flexibility index (Phi) is 6.16. The molecule has 3 aromatic rings. The molecule has 4 atom stereocenters. The largest absolute Gasteiger partial charge is 0.497 e. The maximum absolute atomic E-state index is 14.3. The van der Waals surface area contributed by atoms with E-state index < -0.39 is 23.3 Å². The van der Waals surface area contributed by atoms with Crippen LogP contribution in [0.15, 0.2) is 64.8 Å². The molecule has 2 saturated heterocycles. The first kappa shape index (κ1) is 24.6. The number of nitrogens with one attached hydrogen (secondary N) is 2. The van der Waals surface area contributed by atoms with Gasteiger partial charge >= 0.3 is 6.03 Å². The van der Waals surface area contributed by atoms with Crippen molar-refractivity contribution in [1.82, 2.24) is 9.88 Å². The first-order valence-corrected chi connectivity index (χ1v) is 13.7. The fourth-order valence-corrected chi connectivity index (χ4v) is 7.24. The zero-order valence-corrected chi connectivity index (χ0v) is 21.8. The van der Waals surface area contributed by atoms with Crippen molar-refractivity contribution in [1.29, 1.82) is 0 Å². The van der Waals surface area contributed by atoms with Crippen LogP contribution in [-0.2, 0) is 22.6 Å². The summed E-state index contributed by atoms with van der Waals surface area (Å²) in [5.41, 5.74) is -0.0242. The summed E-state index contributed by atoms with van der Waals surface area (Å²) in [6.07, 6.45) is 1.20. The van der Waals surface area contributed by atoms with Crippen LogP contribution in [0.25, 0.3) is 0 Å². The number of imide groups is 2. The van der Waals surface area contributed by atoms with Crippen molar-refractivity contribution in [2.75, 3.05) is 31.6 Å². The molecule has 196 valence electrons. The highest BCUT2D eigenvalue weighted by Gasteiger charge is 2.58. The number of pyridine rings is 1. The van der Waals surface area contributed by atoms with E-state index in [-0.39, 0.29) is 30.4 Å². The van der Waals surface area contributed by atoms with Gasteiger partial charge < -0.3 is 14.2 Å². The molecule has 9 nitrogen and oxygen atoms in total. The van der Waals surface area contributed by atoms with Gasteiger partial charge in [-0.25, -0.2) is 9.69 Å². The van der Waals surface area contributed by atoms with Crippen molar-refractivity contribution in [3.8, 4) is 5.75 Å². The molecule has 1 unspecified atom stereocenters. The van der Waals surface area contributed by atoms with E-state index in [1.165, 1.54) is 11.3 Å². The van der Waals surface area contributed by atoms with Gasteiger partial charge in [-0.05, 0) is 48.2 Å². The third kappa shape index (κ3) is 4.13. The van der Waals surface area contributed by atoms with Crippen molar-refractivity contribution < 1.29 is 24.0 Å². The summed E-state index contributed by atoms with van der Waals surface area (Å²) < 4.78 is 7.10. The third-order valence-electron chi connectivity index (χ3n) is 8.08. The van der Waals surface area contributed by atoms with Crippen LogP contribution in [-0.4, -0.2) is 49.2 Å². The molecule has 3 aliphatic heterocycles. The Bertz CT molecular complexity index is 1450. The van der Waals surface area contributed by atoms with E-state index in [0.29, 0.717) is 24.5 Å². The second kappa shape index (κ2) is 9.52. The summed E-state index contributed by atoms with van der Waals surface area (Å²) in [5.74, 6) is -0.0131. The highest BCUT2D eigenvalue weighted by Crippen LogP contribution is 2.35. The zero-order valence-electron chi connectivity index (χ0n) is 21.0. The molecular formula is C28H29N4O5S+. The number of urea groups is 1. The van der Waals surface area contributed by atoms with Gasteiger partial charge in [-0.15, -0.1) is 11.3 Å². The molecule has 6 rings (SSSR count). The van der Waals surface area contributed by atoms with Crippen LogP contribution in [0.3, 0.4) is 0 Å². The summed E-state index contributed by atoms with van der Waals surface area (Å²) >= 11 is 1.49. The van der Waals surface area contributed by atoms with Gasteiger partial charge in [-0.1, -0.05) is 12.1 Å². The molecule has 2 bridgehead atoms. The fourth-order valence-electron chi connectivity index (χ4n) is 6.42. The van der Waals surface area contributed by atoms with Crippen LogP contribution in [0.4, 0.5) is 10.5 Å². The van der Waals surface area contributed by atoms with Crippen LogP contribution >= 0.6 is 11.3 Å². The molecule has 38 heavy (non-hydrogen) atoms. The lowest BCUT2D eigenvalue weighted by Crippen LogP contribution is -3.16. The minimum Gasteiger partial charge on any atom is -0.497 e. The van der Waals surface area contributed by atoms with E-state index >= 15 is 0 Å². The molecule has 10 heteroatoms. The number of benzene rings is 1. The number of barbiturate groups is 1. The normalized spacial score (nSPS) is 26.6. The lowest BCUT2D eigenvalue weighted by Gasteiger charge is -2.44. The van der Waals surface area contributed by atoms with Crippen molar-refractivity contribution >= 4 is 34.9 Å². The monoisotopic (exact) mass is 533 g/mol. The van der Waals surface area contributed by atoms with Gasteiger partial charge in [-0.2, -0.15) is 0 Å². The Morgan fingerprint density at radius 1 is 1.05 bits per heavy atom. The number of fused-ring (bicyclic) bond motifs is 4. The Morgan fingerprint density at radius 3 is 2.61 bits per heavy atom. The standard InChI is InChI=1S/C28H28N4O5S/c1-37-21-9-7-20(8-10-21)32-26(35)28(25(34)29-27(32)36,13-22-4-3-11-38-22)17-30-14-18-12-19(16-30)23-5-2-6-24(33)31(23)15-18/h2-11,18-19H,12-17H2,1H3,(H,29,34,36)/p+1/t18-,19+,28-/m1/s1. The van der Waals surface area contributed by atoms with E-state index in [1.807, 2.05) is 28.1 Å². The van der Waals surface area contributed by atoms with E-state index in [2.05, 4.69) is 5.32 Å². The number of rotatable bonds is 6. The maximum atomic E-state index is 14.3. The van der Waals surface area contributed by atoms with Crippen LogP contribution in [0.1, 0.15) is 22.9 Å². The average molecular weight is 534 g/mol. The molecule has 0 spiro atoms. The van der Waals surface area contributed by atoms with E-state index in [1.54, 1.807) is 43.5 Å². The number of thiophene rings is 1. The van der Waals surface area contributed by atoms with Crippen molar-refractivity contribution in [2.45, 2.75) is 25.3 Å². The number of piperidine rings is 1. The number of quaternary nitrogens is 1. The lowest BCUT2D eigenvalue weighted by atomic mass is 9.77. The van der Waals surface area contributed by atoms with Crippen molar-refractivity contribution in [3.63, 3.8) is 0 Å². The van der Waals surface area contributed by atoms with Crippen molar-refractivity contribution in [3.05, 3.63) is 80.9 Å². The van der Waals surface area contributed by atoms with Gasteiger partial charge in [0.1, 0.15) is 12.3 Å². The Labute approximate surface area is 223 Å².